The van der Waals surface area contributed by atoms with Crippen LogP contribution in [0.5, 0.6) is 0 Å². The number of nitrogens with zero attached hydrogens (tertiary/aromatic N) is 3. The zero-order chi connectivity index (χ0) is 16.7. The Morgan fingerprint density at radius 2 is 1.83 bits per heavy atom. The van der Waals surface area contributed by atoms with E-state index in [0.29, 0.717) is 4.90 Å². The highest BCUT2D eigenvalue weighted by Gasteiger charge is 2.43. The van der Waals surface area contributed by atoms with E-state index in [4.69, 9.17) is 0 Å². The monoisotopic (exact) mass is 333 g/mol. The van der Waals surface area contributed by atoms with Crippen LogP contribution in [0.25, 0.3) is 0 Å². The van der Waals surface area contributed by atoms with E-state index < -0.39 is 28.4 Å². The van der Waals surface area contributed by atoms with Gasteiger partial charge in [-0.3, -0.25) is 24.5 Å². The van der Waals surface area contributed by atoms with Gasteiger partial charge in [-0.15, -0.1) is 0 Å². The van der Waals surface area contributed by atoms with Crippen molar-refractivity contribution >= 4 is 45.9 Å². The lowest BCUT2D eigenvalue weighted by atomic mass is 10.2. The van der Waals surface area contributed by atoms with Crippen LogP contribution >= 0.6 is 11.8 Å². The molecule has 0 aliphatic carbocycles. The maximum absolute atomic E-state index is 12.4. The average Bonchev–Trinajstić information content (AvgIpc) is 3.02. The molecule has 0 unspecified atom stereocenters. The number of thioether (sulfide) groups is 1. The van der Waals surface area contributed by atoms with Gasteiger partial charge in [0, 0.05) is 12.1 Å². The number of non-ortho nitro benzene ring substituents is 1. The molecule has 0 fully saturated rings. The fourth-order valence-corrected chi connectivity index (χ4v) is 2.92. The zero-order valence-electron chi connectivity index (χ0n) is 11.3. The van der Waals surface area contributed by atoms with Crippen molar-refractivity contribution < 1.29 is 24.4 Å². The molecule has 0 aromatic heterocycles. The number of aliphatic hydroxyl groups is 1. The van der Waals surface area contributed by atoms with Crippen LogP contribution in [0.2, 0.25) is 0 Å². The molecule has 0 radical (unpaired) electrons. The van der Waals surface area contributed by atoms with Crippen molar-refractivity contribution in [3.05, 3.63) is 45.7 Å². The first-order valence-corrected chi connectivity index (χ1v) is 7.20. The summed E-state index contributed by atoms with van der Waals surface area (Å²) in [7, 11) is 0. The lowest BCUT2D eigenvalue weighted by Gasteiger charge is -2.13. The number of nitro groups is 1. The molecule has 23 heavy (non-hydrogen) atoms. The summed E-state index contributed by atoms with van der Waals surface area (Å²) in [6.45, 7) is 0. The minimum atomic E-state index is -0.971. The molecule has 0 spiro atoms. The zero-order valence-corrected chi connectivity index (χ0v) is 12.1. The SMILES string of the molecule is O=C1CSC(C2=C(O)C(=O)N(c3ccc([N+](=O)[O-])cc3)C2=O)=N1. The summed E-state index contributed by atoms with van der Waals surface area (Å²) >= 11 is 0.954. The van der Waals surface area contributed by atoms with Gasteiger partial charge in [-0.1, -0.05) is 11.8 Å². The first-order valence-electron chi connectivity index (χ1n) is 6.21. The van der Waals surface area contributed by atoms with Gasteiger partial charge in [0.25, 0.3) is 17.5 Å². The van der Waals surface area contributed by atoms with E-state index >= 15 is 0 Å². The number of hydrogen-bond donors (Lipinski definition) is 1. The molecule has 0 atom stereocenters. The number of amides is 3. The molecular formula is C13H7N3O6S. The maximum Gasteiger partial charge on any atom is 0.301 e. The summed E-state index contributed by atoms with van der Waals surface area (Å²) in [5.41, 5.74) is -0.460. The van der Waals surface area contributed by atoms with Gasteiger partial charge < -0.3 is 5.11 Å². The second-order valence-electron chi connectivity index (χ2n) is 4.54. The molecule has 3 amide bonds. The molecule has 116 valence electrons. The number of hydrogen-bond acceptors (Lipinski definition) is 7. The maximum atomic E-state index is 12.4. The van der Waals surface area contributed by atoms with E-state index in [1.54, 1.807) is 0 Å². The van der Waals surface area contributed by atoms with Gasteiger partial charge in [-0.2, -0.15) is 0 Å². The van der Waals surface area contributed by atoms with Crippen LogP contribution < -0.4 is 4.90 Å². The van der Waals surface area contributed by atoms with Gasteiger partial charge in [-0.05, 0) is 12.1 Å². The number of aliphatic hydroxyl groups excluding tert-OH is 1. The Balaban J connectivity index is 1.96. The first kappa shape index (κ1) is 14.9. The van der Waals surface area contributed by atoms with Crippen LogP contribution in [-0.2, 0) is 14.4 Å². The molecule has 2 heterocycles. The molecule has 1 aromatic rings. The van der Waals surface area contributed by atoms with E-state index in [0.717, 1.165) is 23.9 Å². The van der Waals surface area contributed by atoms with E-state index in [1.807, 2.05) is 0 Å². The molecule has 3 rings (SSSR count). The summed E-state index contributed by atoms with van der Waals surface area (Å²) in [6, 6.07) is 4.71. The Morgan fingerprint density at radius 1 is 1.17 bits per heavy atom. The van der Waals surface area contributed by atoms with Crippen molar-refractivity contribution in [2.45, 2.75) is 0 Å². The molecule has 2 aliphatic heterocycles. The second kappa shape index (κ2) is 5.32. The van der Waals surface area contributed by atoms with Crippen LogP contribution in [0.4, 0.5) is 11.4 Å². The second-order valence-corrected chi connectivity index (χ2v) is 5.51. The smallest absolute Gasteiger partial charge is 0.301 e. The molecule has 0 saturated heterocycles. The minimum Gasteiger partial charge on any atom is -0.502 e. The Labute approximate surface area is 132 Å². The van der Waals surface area contributed by atoms with E-state index in [1.165, 1.54) is 12.1 Å². The molecule has 0 bridgehead atoms. The topological polar surface area (TPSA) is 130 Å². The highest BCUT2D eigenvalue weighted by molar-refractivity contribution is 8.15. The number of carbonyl (C=O) groups is 3. The molecule has 2 aliphatic rings. The number of aliphatic imine (C=N–C) groups is 1. The standard InChI is InChI=1S/C13H7N3O6S/c17-8-5-23-11(14-8)9-10(18)13(20)15(12(9)19)6-1-3-7(4-2-6)16(21)22/h1-4,18H,5H2. The van der Waals surface area contributed by atoms with Crippen molar-refractivity contribution in [3.63, 3.8) is 0 Å². The van der Waals surface area contributed by atoms with Crippen molar-refractivity contribution in [2.24, 2.45) is 4.99 Å². The fraction of sp³-hybridized carbons (Fsp3) is 0.0769. The highest BCUT2D eigenvalue weighted by atomic mass is 32.2. The van der Waals surface area contributed by atoms with Crippen molar-refractivity contribution in [1.29, 1.82) is 0 Å². The summed E-state index contributed by atoms with van der Waals surface area (Å²) in [5, 5.41) is 20.5. The molecule has 9 nitrogen and oxygen atoms in total. The number of carbonyl (C=O) groups excluding carboxylic acids is 3. The van der Waals surface area contributed by atoms with Gasteiger partial charge >= 0.3 is 5.91 Å². The van der Waals surface area contributed by atoms with E-state index in [2.05, 4.69) is 4.99 Å². The lowest BCUT2D eigenvalue weighted by molar-refractivity contribution is -0.384. The largest absolute Gasteiger partial charge is 0.502 e. The number of rotatable bonds is 3. The van der Waals surface area contributed by atoms with Crippen molar-refractivity contribution in [1.82, 2.24) is 0 Å². The minimum absolute atomic E-state index is 0.00439. The quantitative estimate of drug-likeness (QED) is 0.495. The first-order chi connectivity index (χ1) is 10.9. The fourth-order valence-electron chi connectivity index (χ4n) is 2.10. The van der Waals surface area contributed by atoms with Gasteiger partial charge in [0.15, 0.2) is 5.76 Å². The van der Waals surface area contributed by atoms with Crippen LogP contribution in [0.1, 0.15) is 0 Å². The van der Waals surface area contributed by atoms with Crippen molar-refractivity contribution in [3.8, 4) is 0 Å². The predicted molar refractivity (Wildman–Crippen MR) is 80.1 cm³/mol. The Morgan fingerprint density at radius 3 is 2.35 bits per heavy atom. The van der Waals surface area contributed by atoms with Gasteiger partial charge in [0.2, 0.25) is 0 Å². The number of imide groups is 1. The normalized spacial score (nSPS) is 18.0. The lowest BCUT2D eigenvalue weighted by Crippen LogP contribution is -2.32. The summed E-state index contributed by atoms with van der Waals surface area (Å²) in [6.07, 6.45) is 0. The Kier molecular flexibility index (Phi) is 3.45. The van der Waals surface area contributed by atoms with E-state index in [-0.39, 0.29) is 27.7 Å². The van der Waals surface area contributed by atoms with Crippen LogP contribution in [-0.4, -0.2) is 38.5 Å². The average molecular weight is 333 g/mol. The third kappa shape index (κ3) is 2.38. The molecule has 0 saturated carbocycles. The molecular weight excluding hydrogens is 326 g/mol. The third-order valence-corrected chi connectivity index (χ3v) is 4.11. The number of nitro benzene ring substituents is 1. The third-order valence-electron chi connectivity index (χ3n) is 3.15. The summed E-state index contributed by atoms with van der Waals surface area (Å²) in [5.74, 6) is -3.03. The van der Waals surface area contributed by atoms with E-state index in [9.17, 15) is 29.6 Å². The molecule has 10 heteroatoms. The Bertz CT molecular complexity index is 827. The molecule has 1 N–H and O–H groups in total. The predicted octanol–water partition coefficient (Wildman–Crippen LogP) is 0.952. The Hall–Kier alpha value is -3.01. The van der Waals surface area contributed by atoms with Gasteiger partial charge in [0.05, 0.1) is 16.4 Å². The highest BCUT2D eigenvalue weighted by Crippen LogP contribution is 2.32. The molecule has 1 aromatic carbocycles. The van der Waals surface area contributed by atoms with Crippen LogP contribution in [0.3, 0.4) is 0 Å². The van der Waals surface area contributed by atoms with Crippen molar-refractivity contribution in [2.75, 3.05) is 10.7 Å². The number of anilines is 1. The van der Waals surface area contributed by atoms with Gasteiger partial charge in [-0.25, -0.2) is 9.89 Å². The van der Waals surface area contributed by atoms with Crippen LogP contribution in [0.15, 0.2) is 40.6 Å². The summed E-state index contributed by atoms with van der Waals surface area (Å²) in [4.78, 5) is 50.0. The van der Waals surface area contributed by atoms with Gasteiger partial charge in [0.1, 0.15) is 10.6 Å². The number of benzene rings is 1. The van der Waals surface area contributed by atoms with Crippen LogP contribution in [0, 0.1) is 10.1 Å². The summed E-state index contributed by atoms with van der Waals surface area (Å²) < 4.78 is 0.